The molecule has 5 rings (SSSR count). The molecule has 0 atom stereocenters. The number of halogens is 3. The van der Waals surface area contributed by atoms with Gasteiger partial charge in [0.1, 0.15) is 17.5 Å². The van der Waals surface area contributed by atoms with E-state index >= 15 is 0 Å². The molecule has 0 aliphatic carbocycles. The fourth-order valence-corrected chi connectivity index (χ4v) is 4.78. The number of amides is 1. The van der Waals surface area contributed by atoms with Crippen LogP contribution in [0.25, 0.3) is 11.3 Å². The summed E-state index contributed by atoms with van der Waals surface area (Å²) in [7, 11) is 5.74. The highest BCUT2D eigenvalue weighted by atomic mass is 35.5. The van der Waals surface area contributed by atoms with Gasteiger partial charge in [-0.25, -0.2) is 18.7 Å². The summed E-state index contributed by atoms with van der Waals surface area (Å²) in [6, 6.07) is 16.3. The smallest absolute Gasteiger partial charge is 0.253 e. The summed E-state index contributed by atoms with van der Waals surface area (Å²) in [5, 5.41) is 0.419. The lowest BCUT2D eigenvalue weighted by molar-refractivity contribution is 0.0786. The molecule has 9 heteroatoms. The van der Waals surface area contributed by atoms with E-state index in [1.54, 1.807) is 36.3 Å². The zero-order valence-electron chi connectivity index (χ0n) is 22.5. The Morgan fingerprint density at radius 3 is 2.38 bits per heavy atom. The SMILES string of the molecule is CN(C)CCN(C)C(=O)c1ccc(Cc2ncc3c(n2)-c2ccc(Cl)cc2C(c2c(F)cccc2F)=NC3)cc1. The molecular weight excluding hydrogens is 532 g/mol. The lowest BCUT2D eigenvalue weighted by atomic mass is 9.94. The second-order valence-corrected chi connectivity index (χ2v) is 10.5. The van der Waals surface area contributed by atoms with Gasteiger partial charge in [0, 0.05) is 60.0 Å². The molecule has 0 saturated carbocycles. The molecule has 204 valence electrons. The van der Waals surface area contributed by atoms with Crippen LogP contribution in [0, 0.1) is 11.6 Å². The first-order chi connectivity index (χ1) is 19.2. The minimum Gasteiger partial charge on any atom is -0.340 e. The van der Waals surface area contributed by atoms with Crippen LogP contribution in [0.1, 0.15) is 38.4 Å². The van der Waals surface area contributed by atoms with Crippen LogP contribution in [-0.4, -0.2) is 65.6 Å². The van der Waals surface area contributed by atoms with Crippen LogP contribution in [-0.2, 0) is 13.0 Å². The molecule has 0 radical (unpaired) electrons. The summed E-state index contributed by atoms with van der Waals surface area (Å²) < 4.78 is 29.6. The second kappa shape index (κ2) is 11.6. The number of fused-ring (bicyclic) bond motifs is 3. The van der Waals surface area contributed by atoms with Gasteiger partial charge >= 0.3 is 0 Å². The Morgan fingerprint density at radius 1 is 0.950 bits per heavy atom. The molecule has 0 N–H and O–H groups in total. The van der Waals surface area contributed by atoms with E-state index in [2.05, 4.69) is 9.98 Å². The van der Waals surface area contributed by atoms with Crippen LogP contribution in [0.4, 0.5) is 8.78 Å². The highest BCUT2D eigenvalue weighted by molar-refractivity contribution is 6.31. The molecule has 0 bridgehead atoms. The Morgan fingerprint density at radius 2 is 1.68 bits per heavy atom. The van der Waals surface area contributed by atoms with Crippen molar-refractivity contribution in [3.63, 3.8) is 0 Å². The predicted molar refractivity (Wildman–Crippen MR) is 153 cm³/mol. The van der Waals surface area contributed by atoms with E-state index in [0.29, 0.717) is 46.2 Å². The van der Waals surface area contributed by atoms with Gasteiger partial charge in [0.15, 0.2) is 0 Å². The Kier molecular flexibility index (Phi) is 8.00. The maximum Gasteiger partial charge on any atom is 0.253 e. The quantitative estimate of drug-likeness (QED) is 0.293. The number of carbonyl (C=O) groups excluding carboxylic acids is 1. The van der Waals surface area contributed by atoms with Gasteiger partial charge in [0.2, 0.25) is 0 Å². The first kappa shape index (κ1) is 27.6. The minimum atomic E-state index is -0.701. The predicted octanol–water partition coefficient (Wildman–Crippen LogP) is 5.65. The van der Waals surface area contributed by atoms with Crippen LogP contribution in [0.5, 0.6) is 0 Å². The third kappa shape index (κ3) is 5.78. The number of benzene rings is 3. The Bertz CT molecular complexity index is 1580. The molecule has 1 aliphatic rings. The van der Waals surface area contributed by atoms with Gasteiger partial charge in [-0.15, -0.1) is 0 Å². The van der Waals surface area contributed by atoms with Crippen molar-refractivity contribution in [2.45, 2.75) is 13.0 Å². The lowest BCUT2D eigenvalue weighted by Crippen LogP contribution is -2.33. The first-order valence-electron chi connectivity index (χ1n) is 12.8. The molecule has 0 spiro atoms. The number of hydrogen-bond donors (Lipinski definition) is 0. The molecule has 0 saturated heterocycles. The summed E-state index contributed by atoms with van der Waals surface area (Å²) >= 11 is 6.31. The monoisotopic (exact) mass is 559 g/mol. The molecule has 0 fully saturated rings. The minimum absolute atomic E-state index is 0.0351. The fraction of sp³-hybridized carbons (Fsp3) is 0.226. The van der Waals surface area contributed by atoms with E-state index in [1.807, 2.05) is 43.3 Å². The highest BCUT2D eigenvalue weighted by Gasteiger charge is 2.25. The van der Waals surface area contributed by atoms with Crippen molar-refractivity contribution in [3.8, 4) is 11.3 Å². The number of aromatic nitrogens is 2. The van der Waals surface area contributed by atoms with Gasteiger partial charge in [0.25, 0.3) is 5.91 Å². The topological polar surface area (TPSA) is 61.7 Å². The molecule has 4 aromatic rings. The molecule has 3 aromatic carbocycles. The van der Waals surface area contributed by atoms with Crippen LogP contribution in [0.15, 0.2) is 71.9 Å². The summed E-state index contributed by atoms with van der Waals surface area (Å²) in [6.45, 7) is 1.58. The number of hydrogen-bond acceptors (Lipinski definition) is 5. The van der Waals surface area contributed by atoms with Gasteiger partial charge in [-0.1, -0.05) is 35.9 Å². The van der Waals surface area contributed by atoms with Crippen LogP contribution in [0.2, 0.25) is 5.02 Å². The van der Waals surface area contributed by atoms with E-state index in [1.165, 1.54) is 18.2 Å². The maximum absolute atomic E-state index is 14.8. The standard InChI is InChI=1S/C31H28ClF2N5O/c1-38(2)13-14-39(3)31(40)20-9-7-19(8-10-20)15-27-35-17-21-18-36-30(28-25(33)5-4-6-26(28)34)24-16-22(32)11-12-23(24)29(21)37-27/h4-12,16-17H,13-15,18H2,1-3H3. The zero-order chi connectivity index (χ0) is 28.4. The molecule has 1 amide bonds. The number of rotatable bonds is 7. The van der Waals surface area contributed by atoms with Gasteiger partial charge in [-0.05, 0) is 56.1 Å². The van der Waals surface area contributed by atoms with E-state index in [4.69, 9.17) is 16.6 Å². The molecular formula is C31H28ClF2N5O. The average Bonchev–Trinajstić information content (AvgIpc) is 3.08. The average molecular weight is 560 g/mol. The van der Waals surface area contributed by atoms with Gasteiger partial charge < -0.3 is 9.80 Å². The second-order valence-electron chi connectivity index (χ2n) is 10.0. The van der Waals surface area contributed by atoms with Crippen molar-refractivity contribution < 1.29 is 13.6 Å². The van der Waals surface area contributed by atoms with E-state index in [0.717, 1.165) is 17.7 Å². The largest absolute Gasteiger partial charge is 0.340 e. The van der Waals surface area contributed by atoms with Crippen molar-refractivity contribution in [2.24, 2.45) is 4.99 Å². The molecule has 2 heterocycles. The summed E-state index contributed by atoms with van der Waals surface area (Å²) in [6.07, 6.45) is 2.15. The van der Waals surface area contributed by atoms with E-state index in [9.17, 15) is 13.6 Å². The van der Waals surface area contributed by atoms with Gasteiger partial charge in [-0.2, -0.15) is 0 Å². The van der Waals surface area contributed by atoms with Crippen LogP contribution < -0.4 is 0 Å². The highest BCUT2D eigenvalue weighted by Crippen LogP contribution is 2.34. The van der Waals surface area contributed by atoms with Crippen LogP contribution in [0.3, 0.4) is 0 Å². The molecule has 1 aliphatic heterocycles. The van der Waals surface area contributed by atoms with Crippen molar-refractivity contribution in [3.05, 3.63) is 117 Å². The van der Waals surface area contributed by atoms with E-state index < -0.39 is 11.6 Å². The molecule has 1 aromatic heterocycles. The number of aliphatic imine (C=N–C) groups is 1. The lowest BCUT2D eigenvalue weighted by Gasteiger charge is -2.19. The van der Waals surface area contributed by atoms with E-state index in [-0.39, 0.29) is 23.7 Å². The van der Waals surface area contributed by atoms with Crippen LogP contribution >= 0.6 is 11.6 Å². The van der Waals surface area contributed by atoms with Crippen molar-refractivity contribution in [2.75, 3.05) is 34.2 Å². The molecule has 40 heavy (non-hydrogen) atoms. The normalized spacial score (nSPS) is 12.4. The number of likely N-dealkylation sites (N-methyl/N-ethyl adjacent to an activating group) is 2. The van der Waals surface area contributed by atoms with Gasteiger partial charge in [0.05, 0.1) is 23.5 Å². The van der Waals surface area contributed by atoms with Crippen molar-refractivity contribution in [1.29, 1.82) is 0 Å². The van der Waals surface area contributed by atoms with Crippen molar-refractivity contribution >= 4 is 23.2 Å². The third-order valence-corrected chi connectivity index (χ3v) is 7.04. The fourth-order valence-electron chi connectivity index (χ4n) is 4.60. The first-order valence-corrected chi connectivity index (χ1v) is 13.2. The summed E-state index contributed by atoms with van der Waals surface area (Å²) in [4.78, 5) is 30.5. The summed E-state index contributed by atoms with van der Waals surface area (Å²) in [5.74, 6) is -0.865. The third-order valence-electron chi connectivity index (χ3n) is 6.81. The molecule has 6 nitrogen and oxygen atoms in total. The zero-order valence-corrected chi connectivity index (χ0v) is 23.2. The molecule has 0 unspecified atom stereocenters. The Labute approximate surface area is 237 Å². The Hall–Kier alpha value is -4.01. The summed E-state index contributed by atoms with van der Waals surface area (Å²) in [5.41, 5.74) is 4.09. The number of carbonyl (C=O) groups is 1. The maximum atomic E-state index is 14.8. The van der Waals surface area contributed by atoms with Gasteiger partial charge in [-0.3, -0.25) is 9.79 Å². The number of nitrogens with zero attached hydrogens (tertiary/aromatic N) is 5. The van der Waals surface area contributed by atoms with Crippen molar-refractivity contribution in [1.82, 2.24) is 19.8 Å². The Balaban J connectivity index is 1.43.